The van der Waals surface area contributed by atoms with Gasteiger partial charge in [0, 0.05) is 21.9 Å². The van der Waals surface area contributed by atoms with Crippen LogP contribution in [0.2, 0.25) is 0 Å². The average Bonchev–Trinajstić information content (AvgIpc) is 3.19. The van der Waals surface area contributed by atoms with Crippen LogP contribution in [0.25, 0.3) is 108 Å². The van der Waals surface area contributed by atoms with Gasteiger partial charge in [-0.3, -0.25) is 9.59 Å². The number of aldehydes is 2. The Bertz CT molecular complexity index is 3130. The van der Waals surface area contributed by atoms with Crippen molar-refractivity contribution in [3.05, 3.63) is 157 Å². The minimum atomic E-state index is 0.667. The van der Waals surface area contributed by atoms with E-state index in [1.165, 1.54) is 32.3 Å². The Morgan fingerprint density at radius 2 is 0.500 bits per heavy atom. The maximum Gasteiger partial charge on any atom is 0.150 e. The van der Waals surface area contributed by atoms with E-state index in [4.69, 9.17) is 0 Å². The van der Waals surface area contributed by atoms with Crippen LogP contribution in [0.4, 0.5) is 0 Å². The third kappa shape index (κ3) is 3.37. The van der Waals surface area contributed by atoms with E-state index >= 15 is 0 Å². The molecule has 0 aromatic heterocycles. The summed E-state index contributed by atoms with van der Waals surface area (Å²) in [6.45, 7) is 0. The molecule has 11 aromatic rings. The lowest BCUT2D eigenvalue weighted by molar-refractivity contribution is 0.111. The third-order valence-electron chi connectivity index (χ3n) is 11.1. The molecule has 0 spiro atoms. The second-order valence-electron chi connectivity index (χ2n) is 13.4. The summed E-state index contributed by atoms with van der Waals surface area (Å²) >= 11 is 0. The van der Waals surface area contributed by atoms with Crippen molar-refractivity contribution in [2.45, 2.75) is 0 Å². The van der Waals surface area contributed by atoms with Gasteiger partial charge in [0.05, 0.1) is 0 Å². The molecule has 0 N–H and O–H groups in total. The number of hydrogen-bond acceptors (Lipinski definition) is 2. The van der Waals surface area contributed by atoms with Crippen LogP contribution < -0.4 is 0 Å². The highest BCUT2D eigenvalue weighted by molar-refractivity contribution is 6.45. The first kappa shape index (κ1) is 27.3. The van der Waals surface area contributed by atoms with E-state index in [-0.39, 0.29) is 0 Å². The molecule has 230 valence electrons. The highest BCUT2D eigenvalue weighted by atomic mass is 16.1. The molecule has 0 heterocycles. The maximum atomic E-state index is 12.9. The van der Waals surface area contributed by atoms with E-state index in [9.17, 15) is 9.59 Å². The third-order valence-corrected chi connectivity index (χ3v) is 11.1. The van der Waals surface area contributed by atoms with Gasteiger partial charge in [-0.1, -0.05) is 133 Å². The van der Waals surface area contributed by atoms with Crippen LogP contribution in [0.1, 0.15) is 20.7 Å². The van der Waals surface area contributed by atoms with Crippen LogP contribution in [0.5, 0.6) is 0 Å². The zero-order valence-corrected chi connectivity index (χ0v) is 26.8. The van der Waals surface area contributed by atoms with Gasteiger partial charge in [-0.2, -0.15) is 0 Å². The largest absolute Gasteiger partial charge is 0.298 e. The predicted molar refractivity (Wildman–Crippen MR) is 212 cm³/mol. The maximum absolute atomic E-state index is 12.9. The number of carbonyl (C=O) groups excluding carboxylic acids is 2. The fraction of sp³-hybridized carbons (Fsp3) is 0. The lowest BCUT2D eigenvalue weighted by atomic mass is 9.82. The Morgan fingerprint density at radius 3 is 0.820 bits per heavy atom. The molecule has 0 unspecified atom stereocenters. The number of benzene rings is 11. The van der Waals surface area contributed by atoms with Crippen LogP contribution in [0.3, 0.4) is 0 Å². The number of hydrogen-bond donors (Lipinski definition) is 0. The highest BCUT2D eigenvalue weighted by Crippen LogP contribution is 2.49. The number of rotatable bonds is 2. The molecule has 2 nitrogen and oxygen atoms in total. The monoisotopic (exact) mass is 634 g/mol. The van der Waals surface area contributed by atoms with E-state index in [2.05, 4.69) is 121 Å². The highest BCUT2D eigenvalue weighted by Gasteiger charge is 2.22. The molecule has 11 aromatic carbocycles. The molecule has 11 rings (SSSR count). The Kier molecular flexibility index (Phi) is 5.44. The van der Waals surface area contributed by atoms with Crippen molar-refractivity contribution in [3.63, 3.8) is 0 Å². The molecular formula is C48H26O2. The predicted octanol–water partition coefficient (Wildman–Crippen LogP) is 12.8. The van der Waals surface area contributed by atoms with Gasteiger partial charge in [0.1, 0.15) is 0 Å². The quantitative estimate of drug-likeness (QED) is 0.108. The smallest absolute Gasteiger partial charge is 0.150 e. The normalized spacial score (nSPS) is 12.2. The Labute approximate surface area is 285 Å². The van der Waals surface area contributed by atoms with Gasteiger partial charge in [0.25, 0.3) is 0 Å². The molecule has 0 atom stereocenters. The molecular weight excluding hydrogens is 609 g/mol. The molecule has 0 fully saturated rings. The molecule has 0 amide bonds. The van der Waals surface area contributed by atoms with Crippen LogP contribution >= 0.6 is 0 Å². The fourth-order valence-electron chi connectivity index (χ4n) is 9.18. The first-order valence-corrected chi connectivity index (χ1v) is 17.0. The average molecular weight is 635 g/mol. The lowest BCUT2D eigenvalue weighted by Gasteiger charge is -2.20. The van der Waals surface area contributed by atoms with Crippen LogP contribution in [-0.2, 0) is 0 Å². The van der Waals surface area contributed by atoms with Gasteiger partial charge in [-0.05, 0) is 109 Å². The van der Waals surface area contributed by atoms with Crippen molar-refractivity contribution in [2.24, 2.45) is 0 Å². The molecule has 2 heteroatoms. The summed E-state index contributed by atoms with van der Waals surface area (Å²) in [5.41, 5.74) is 1.33. The summed E-state index contributed by atoms with van der Waals surface area (Å²) in [6.07, 6.45) is 1.99. The zero-order valence-electron chi connectivity index (χ0n) is 26.8. The van der Waals surface area contributed by atoms with Crippen LogP contribution in [0.15, 0.2) is 146 Å². The molecule has 0 aliphatic heterocycles. The second kappa shape index (κ2) is 9.95. The van der Waals surface area contributed by atoms with Crippen molar-refractivity contribution in [3.8, 4) is 0 Å². The van der Waals surface area contributed by atoms with Gasteiger partial charge in [-0.25, -0.2) is 0 Å². The van der Waals surface area contributed by atoms with Gasteiger partial charge < -0.3 is 0 Å². The molecule has 0 saturated carbocycles. The van der Waals surface area contributed by atoms with Crippen molar-refractivity contribution < 1.29 is 9.59 Å². The van der Waals surface area contributed by atoms with E-state index in [0.717, 1.165) is 88.0 Å². The Balaban J connectivity index is 1.55. The molecule has 0 saturated heterocycles. The second-order valence-corrected chi connectivity index (χ2v) is 13.4. The topological polar surface area (TPSA) is 34.1 Å². The van der Waals surface area contributed by atoms with Crippen molar-refractivity contribution >= 4 is 120 Å². The number of carbonyl (C=O) groups is 2. The summed E-state index contributed by atoms with van der Waals surface area (Å²) in [5, 5.41) is 22.2. The first-order valence-electron chi connectivity index (χ1n) is 17.0. The van der Waals surface area contributed by atoms with Gasteiger partial charge in [0.15, 0.2) is 12.6 Å². The minimum Gasteiger partial charge on any atom is -0.298 e. The van der Waals surface area contributed by atoms with Crippen LogP contribution in [0, 0.1) is 0 Å². The summed E-state index contributed by atoms with van der Waals surface area (Å²) in [4.78, 5) is 25.8. The van der Waals surface area contributed by atoms with E-state index < -0.39 is 0 Å². The minimum absolute atomic E-state index is 0.667. The molecule has 0 radical (unpaired) electrons. The zero-order chi connectivity index (χ0) is 33.1. The van der Waals surface area contributed by atoms with E-state index in [1.54, 1.807) is 0 Å². The summed E-state index contributed by atoms with van der Waals surface area (Å²) in [5.74, 6) is 0. The first-order chi connectivity index (χ1) is 24.8. The van der Waals surface area contributed by atoms with Gasteiger partial charge >= 0.3 is 0 Å². The summed E-state index contributed by atoms with van der Waals surface area (Å²) in [7, 11) is 0. The summed E-state index contributed by atoms with van der Waals surface area (Å²) in [6, 6.07) is 51.3. The van der Waals surface area contributed by atoms with Gasteiger partial charge in [-0.15, -0.1) is 0 Å². The van der Waals surface area contributed by atoms with Crippen molar-refractivity contribution in [2.75, 3.05) is 0 Å². The molecule has 50 heavy (non-hydrogen) atoms. The lowest BCUT2D eigenvalue weighted by Crippen LogP contribution is -1.94. The fourth-order valence-corrected chi connectivity index (χ4v) is 9.18. The number of fused-ring (bicyclic) bond motifs is 22. The van der Waals surface area contributed by atoms with Crippen molar-refractivity contribution in [1.29, 1.82) is 0 Å². The Morgan fingerprint density at radius 1 is 0.240 bits per heavy atom. The molecule has 0 aliphatic carbocycles. The standard InChI is InChI=1S/C48H26O2/c49-25-27-11-9-21-37-43(27)39-24-42-40(23-41(39)47-35-19-7-3-15-31(35)29-13-1-5-17-33(29)45(37)47)44-28(26-50)12-10-22-38(44)46-34-18-6-2-14-30(34)32-16-4-8-20-36(32)48(42)46/h1-26H. The SMILES string of the molecule is O=Cc1cccc2c1c1cc3c(cc1c1c4ccccc4c4ccccc4c21)c1c(C=O)cccc1c1c2ccccc2c2ccccc2c31. The van der Waals surface area contributed by atoms with E-state index in [1.807, 2.05) is 24.3 Å². The summed E-state index contributed by atoms with van der Waals surface area (Å²) < 4.78 is 0. The molecule has 0 bridgehead atoms. The van der Waals surface area contributed by atoms with Gasteiger partial charge in [0.2, 0.25) is 0 Å². The molecule has 0 aliphatic rings. The Hall–Kier alpha value is -6.64. The van der Waals surface area contributed by atoms with E-state index in [0.29, 0.717) is 11.1 Å². The van der Waals surface area contributed by atoms with Crippen LogP contribution in [-0.4, -0.2) is 12.6 Å². The van der Waals surface area contributed by atoms with Crippen molar-refractivity contribution in [1.82, 2.24) is 0 Å².